The number of halogens is 1. The Morgan fingerprint density at radius 1 is 1.00 bits per heavy atom. The second-order valence-electron chi connectivity index (χ2n) is 4.38. The number of ether oxygens (including phenoxy) is 2. The maximum atomic E-state index is 5.85. The van der Waals surface area contributed by atoms with Crippen LogP contribution in [0.15, 0.2) is 42.5 Å². The fourth-order valence-electron chi connectivity index (χ4n) is 2.07. The second kappa shape index (κ2) is 5.51. The van der Waals surface area contributed by atoms with Crippen LogP contribution in [0.5, 0.6) is 11.5 Å². The van der Waals surface area contributed by atoms with E-state index in [-0.39, 0.29) is 0 Å². The normalized spacial score (nSPS) is 12.7. The summed E-state index contributed by atoms with van der Waals surface area (Å²) in [4.78, 5) is 0. The van der Waals surface area contributed by atoms with Crippen LogP contribution in [0.2, 0.25) is 5.02 Å². The minimum Gasteiger partial charge on any atom is -0.454 e. The van der Waals surface area contributed by atoms with Crippen molar-refractivity contribution in [3.63, 3.8) is 0 Å². The Bertz CT molecular complexity index is 569. The first-order valence-electron chi connectivity index (χ1n) is 6.15. The average molecular weight is 276 g/mol. The van der Waals surface area contributed by atoms with Gasteiger partial charge in [-0.2, -0.15) is 0 Å². The summed E-state index contributed by atoms with van der Waals surface area (Å²) in [6.07, 6.45) is 0. The molecule has 0 spiro atoms. The first-order chi connectivity index (χ1) is 9.33. The van der Waals surface area contributed by atoms with Crippen LogP contribution in [0.1, 0.15) is 11.1 Å². The maximum Gasteiger partial charge on any atom is 0.231 e. The molecule has 0 saturated heterocycles. The fourth-order valence-corrected chi connectivity index (χ4v) is 2.20. The highest BCUT2D eigenvalue weighted by molar-refractivity contribution is 6.30. The predicted molar refractivity (Wildman–Crippen MR) is 74.6 cm³/mol. The Kier molecular flexibility index (Phi) is 3.58. The molecule has 0 amide bonds. The summed E-state index contributed by atoms with van der Waals surface area (Å²) < 4.78 is 10.8. The van der Waals surface area contributed by atoms with Crippen LogP contribution in [-0.2, 0) is 13.1 Å². The molecule has 2 aromatic rings. The smallest absolute Gasteiger partial charge is 0.231 e. The molecule has 98 valence electrons. The van der Waals surface area contributed by atoms with Gasteiger partial charge in [-0.3, -0.25) is 0 Å². The van der Waals surface area contributed by atoms with Gasteiger partial charge in [-0.15, -0.1) is 0 Å². The van der Waals surface area contributed by atoms with Gasteiger partial charge in [0, 0.05) is 23.7 Å². The minimum absolute atomic E-state index is 0.309. The summed E-state index contributed by atoms with van der Waals surface area (Å²) in [7, 11) is 0. The molecule has 1 heterocycles. The lowest BCUT2D eigenvalue weighted by atomic mass is 10.1. The van der Waals surface area contributed by atoms with Crippen LogP contribution >= 0.6 is 11.6 Å². The van der Waals surface area contributed by atoms with E-state index in [0.29, 0.717) is 6.79 Å². The molecular formula is C15H14ClNO2. The van der Waals surface area contributed by atoms with Crippen LogP contribution in [0.4, 0.5) is 0 Å². The van der Waals surface area contributed by atoms with E-state index in [0.717, 1.165) is 35.2 Å². The van der Waals surface area contributed by atoms with Gasteiger partial charge in [0.2, 0.25) is 6.79 Å². The maximum absolute atomic E-state index is 5.85. The van der Waals surface area contributed by atoms with E-state index in [9.17, 15) is 0 Å². The van der Waals surface area contributed by atoms with Crippen molar-refractivity contribution in [2.24, 2.45) is 0 Å². The lowest BCUT2D eigenvalue weighted by Gasteiger charge is -2.08. The number of nitrogens with one attached hydrogen (secondary N) is 1. The third kappa shape index (κ3) is 2.83. The molecule has 19 heavy (non-hydrogen) atoms. The lowest BCUT2D eigenvalue weighted by Crippen LogP contribution is -2.13. The average Bonchev–Trinajstić information content (AvgIpc) is 2.90. The van der Waals surface area contributed by atoms with Gasteiger partial charge in [-0.05, 0) is 23.8 Å². The van der Waals surface area contributed by atoms with Crippen LogP contribution in [-0.4, -0.2) is 6.79 Å². The second-order valence-corrected chi connectivity index (χ2v) is 4.82. The first-order valence-corrected chi connectivity index (χ1v) is 6.53. The highest BCUT2D eigenvalue weighted by atomic mass is 35.5. The molecule has 3 rings (SSSR count). The number of benzene rings is 2. The van der Waals surface area contributed by atoms with Crippen LogP contribution in [0.25, 0.3) is 0 Å². The van der Waals surface area contributed by atoms with Gasteiger partial charge in [0.05, 0.1) is 0 Å². The Hall–Kier alpha value is -1.71. The molecule has 1 aliphatic heterocycles. The van der Waals surface area contributed by atoms with Crippen molar-refractivity contribution in [1.82, 2.24) is 5.32 Å². The van der Waals surface area contributed by atoms with Crippen LogP contribution < -0.4 is 14.8 Å². The van der Waals surface area contributed by atoms with Crippen molar-refractivity contribution >= 4 is 11.6 Å². The Labute approximate surface area is 117 Å². The van der Waals surface area contributed by atoms with Gasteiger partial charge in [-0.1, -0.05) is 35.9 Å². The summed E-state index contributed by atoms with van der Waals surface area (Å²) in [6, 6.07) is 13.8. The third-order valence-corrected chi connectivity index (χ3v) is 3.29. The molecule has 1 N–H and O–H groups in total. The van der Waals surface area contributed by atoms with Crippen LogP contribution in [0, 0.1) is 0 Å². The van der Waals surface area contributed by atoms with E-state index in [2.05, 4.69) is 5.32 Å². The molecule has 0 bridgehead atoms. The molecule has 1 aliphatic rings. The first kappa shape index (κ1) is 12.3. The van der Waals surface area contributed by atoms with Crippen molar-refractivity contribution in [2.45, 2.75) is 13.1 Å². The number of rotatable bonds is 4. The lowest BCUT2D eigenvalue weighted by molar-refractivity contribution is 0.173. The van der Waals surface area contributed by atoms with Gasteiger partial charge in [-0.25, -0.2) is 0 Å². The molecular weight excluding hydrogens is 262 g/mol. The monoisotopic (exact) mass is 275 g/mol. The molecule has 3 nitrogen and oxygen atoms in total. The number of fused-ring (bicyclic) bond motifs is 1. The highest BCUT2D eigenvalue weighted by Gasteiger charge is 2.16. The summed E-state index contributed by atoms with van der Waals surface area (Å²) in [5, 5.41) is 4.15. The van der Waals surface area contributed by atoms with Gasteiger partial charge in [0.1, 0.15) is 0 Å². The van der Waals surface area contributed by atoms with E-state index < -0.39 is 0 Å². The number of para-hydroxylation sites is 1. The largest absolute Gasteiger partial charge is 0.454 e. The minimum atomic E-state index is 0.309. The van der Waals surface area contributed by atoms with E-state index >= 15 is 0 Å². The van der Waals surface area contributed by atoms with Gasteiger partial charge < -0.3 is 14.8 Å². The number of hydrogen-bond acceptors (Lipinski definition) is 3. The quantitative estimate of drug-likeness (QED) is 0.928. The summed E-state index contributed by atoms with van der Waals surface area (Å²) >= 11 is 5.85. The predicted octanol–water partition coefficient (Wildman–Crippen LogP) is 3.36. The van der Waals surface area contributed by atoms with Crippen molar-refractivity contribution in [2.75, 3.05) is 6.79 Å². The van der Waals surface area contributed by atoms with Gasteiger partial charge in [0.25, 0.3) is 0 Å². The molecule has 2 aromatic carbocycles. The third-order valence-electron chi connectivity index (χ3n) is 3.04. The summed E-state index contributed by atoms with van der Waals surface area (Å²) in [5.74, 6) is 1.68. The summed E-state index contributed by atoms with van der Waals surface area (Å²) in [6.45, 7) is 1.85. The molecule has 0 aromatic heterocycles. The standard InChI is InChI=1S/C15H14ClNO2/c16-13-6-4-11(5-7-13)8-17-9-12-2-1-3-14-15(12)19-10-18-14/h1-7,17H,8-10H2. The SMILES string of the molecule is Clc1ccc(CNCc2cccc3c2OCO3)cc1. The molecule has 0 radical (unpaired) electrons. The van der Waals surface area contributed by atoms with E-state index in [1.54, 1.807) is 0 Å². The zero-order chi connectivity index (χ0) is 13.1. The molecule has 4 heteroatoms. The molecule has 0 saturated carbocycles. The van der Waals surface area contributed by atoms with Crippen molar-refractivity contribution in [3.05, 3.63) is 58.6 Å². The fraction of sp³-hybridized carbons (Fsp3) is 0.200. The van der Waals surface area contributed by atoms with Crippen molar-refractivity contribution in [1.29, 1.82) is 0 Å². The van der Waals surface area contributed by atoms with E-state index in [4.69, 9.17) is 21.1 Å². The number of hydrogen-bond donors (Lipinski definition) is 1. The highest BCUT2D eigenvalue weighted by Crippen LogP contribution is 2.35. The molecule has 0 atom stereocenters. The van der Waals surface area contributed by atoms with Crippen molar-refractivity contribution < 1.29 is 9.47 Å². The van der Waals surface area contributed by atoms with Crippen molar-refractivity contribution in [3.8, 4) is 11.5 Å². The summed E-state index contributed by atoms with van der Waals surface area (Å²) in [5.41, 5.74) is 2.32. The van der Waals surface area contributed by atoms with Crippen LogP contribution in [0.3, 0.4) is 0 Å². The van der Waals surface area contributed by atoms with E-state index in [1.807, 2.05) is 42.5 Å². The molecule has 0 unspecified atom stereocenters. The Morgan fingerprint density at radius 2 is 1.84 bits per heavy atom. The zero-order valence-corrected chi connectivity index (χ0v) is 11.1. The molecule has 0 fully saturated rings. The van der Waals surface area contributed by atoms with E-state index in [1.165, 1.54) is 5.56 Å². The topological polar surface area (TPSA) is 30.5 Å². The van der Waals surface area contributed by atoms with Gasteiger partial charge >= 0.3 is 0 Å². The Balaban J connectivity index is 1.61. The molecule has 0 aliphatic carbocycles. The zero-order valence-electron chi connectivity index (χ0n) is 10.4. The van der Waals surface area contributed by atoms with Gasteiger partial charge in [0.15, 0.2) is 11.5 Å². The Morgan fingerprint density at radius 3 is 2.68 bits per heavy atom.